The molecule has 0 fully saturated rings. The van der Waals surface area contributed by atoms with E-state index in [-0.39, 0.29) is 30.8 Å². The van der Waals surface area contributed by atoms with Crippen LogP contribution in [-0.2, 0) is 10.3 Å². The van der Waals surface area contributed by atoms with E-state index in [0.717, 1.165) is 22.6 Å². The van der Waals surface area contributed by atoms with Crippen molar-refractivity contribution >= 4 is 16.7 Å². The standard InChI is InChI=1S/C24H26N2O3/c1-16(18-9-8-17-6-4-5-7-19(17)12-18)26-23(27)14-25-24(2,3)20-10-11-21-22(13-20)29-15-28-21/h4-13,16,25H,14-15H2,1-3H3,(H,26,27). The van der Waals surface area contributed by atoms with Crippen LogP contribution < -0.4 is 20.1 Å². The van der Waals surface area contributed by atoms with E-state index in [1.807, 2.05) is 51.1 Å². The van der Waals surface area contributed by atoms with Crippen LogP contribution in [0.3, 0.4) is 0 Å². The number of nitrogens with one attached hydrogen (secondary N) is 2. The van der Waals surface area contributed by atoms with Crippen LogP contribution in [0.4, 0.5) is 0 Å². The fraction of sp³-hybridized carbons (Fsp3) is 0.292. The highest BCUT2D eigenvalue weighted by molar-refractivity contribution is 5.83. The van der Waals surface area contributed by atoms with Gasteiger partial charge in [0.2, 0.25) is 12.7 Å². The van der Waals surface area contributed by atoms with Gasteiger partial charge in [-0.15, -0.1) is 0 Å². The molecule has 1 amide bonds. The lowest BCUT2D eigenvalue weighted by molar-refractivity contribution is -0.121. The van der Waals surface area contributed by atoms with Crippen LogP contribution in [0.1, 0.15) is 37.9 Å². The van der Waals surface area contributed by atoms with Gasteiger partial charge in [0, 0.05) is 5.54 Å². The lowest BCUT2D eigenvalue weighted by Crippen LogP contribution is -2.43. The van der Waals surface area contributed by atoms with Crippen LogP contribution in [0, 0.1) is 0 Å². The molecule has 2 N–H and O–H groups in total. The first-order valence-corrected chi connectivity index (χ1v) is 9.85. The summed E-state index contributed by atoms with van der Waals surface area (Å²) in [5.41, 5.74) is 1.74. The Morgan fingerprint density at radius 2 is 1.76 bits per heavy atom. The van der Waals surface area contributed by atoms with Gasteiger partial charge in [-0.2, -0.15) is 0 Å². The molecular formula is C24H26N2O3. The largest absolute Gasteiger partial charge is 0.454 e. The van der Waals surface area contributed by atoms with Crippen molar-refractivity contribution < 1.29 is 14.3 Å². The van der Waals surface area contributed by atoms with E-state index in [2.05, 4.69) is 41.0 Å². The monoisotopic (exact) mass is 390 g/mol. The molecule has 0 radical (unpaired) electrons. The molecule has 0 aromatic heterocycles. The summed E-state index contributed by atoms with van der Waals surface area (Å²) in [5.74, 6) is 1.46. The number of rotatable bonds is 6. The normalized spacial score (nSPS) is 14.0. The van der Waals surface area contributed by atoms with Crippen molar-refractivity contribution in [1.82, 2.24) is 10.6 Å². The van der Waals surface area contributed by atoms with Crippen molar-refractivity contribution in [3.05, 3.63) is 71.8 Å². The number of carbonyl (C=O) groups excluding carboxylic acids is 1. The minimum absolute atomic E-state index is 0.0422. The highest BCUT2D eigenvalue weighted by atomic mass is 16.7. The predicted octanol–water partition coefficient (Wildman–Crippen LogP) is 4.27. The molecule has 0 aliphatic carbocycles. The van der Waals surface area contributed by atoms with Crippen molar-refractivity contribution in [1.29, 1.82) is 0 Å². The summed E-state index contributed by atoms with van der Waals surface area (Å²) < 4.78 is 10.8. The topological polar surface area (TPSA) is 59.6 Å². The number of hydrogen-bond acceptors (Lipinski definition) is 4. The van der Waals surface area contributed by atoms with Crippen molar-refractivity contribution in [2.45, 2.75) is 32.4 Å². The Hall–Kier alpha value is -3.05. The van der Waals surface area contributed by atoms with Gasteiger partial charge in [-0.25, -0.2) is 0 Å². The molecule has 5 nitrogen and oxygen atoms in total. The molecule has 1 atom stereocenters. The van der Waals surface area contributed by atoms with E-state index in [1.54, 1.807) is 0 Å². The summed E-state index contributed by atoms with van der Waals surface area (Å²) in [5, 5.41) is 8.80. The quantitative estimate of drug-likeness (QED) is 0.660. The SMILES string of the molecule is CC(NC(=O)CNC(C)(C)c1ccc2c(c1)OCO2)c1ccc2ccccc2c1. The Labute approximate surface area is 171 Å². The molecule has 1 unspecified atom stereocenters. The third-order valence-electron chi connectivity index (χ3n) is 5.44. The van der Waals surface area contributed by atoms with Crippen molar-refractivity contribution in [2.24, 2.45) is 0 Å². The van der Waals surface area contributed by atoms with Gasteiger partial charge in [0.25, 0.3) is 0 Å². The van der Waals surface area contributed by atoms with Gasteiger partial charge < -0.3 is 14.8 Å². The minimum atomic E-state index is -0.384. The Balaban J connectivity index is 1.37. The summed E-state index contributed by atoms with van der Waals surface area (Å²) in [6.45, 7) is 6.57. The predicted molar refractivity (Wildman–Crippen MR) is 114 cm³/mol. The zero-order valence-electron chi connectivity index (χ0n) is 17.0. The molecule has 1 heterocycles. The first kappa shape index (κ1) is 19.3. The Kier molecular flexibility index (Phi) is 5.16. The molecule has 29 heavy (non-hydrogen) atoms. The maximum absolute atomic E-state index is 12.5. The summed E-state index contributed by atoms with van der Waals surface area (Å²) in [7, 11) is 0. The summed E-state index contributed by atoms with van der Waals surface area (Å²) in [6, 6.07) is 20.3. The fourth-order valence-electron chi connectivity index (χ4n) is 3.54. The molecular weight excluding hydrogens is 364 g/mol. The van der Waals surface area contributed by atoms with Crippen LogP contribution >= 0.6 is 0 Å². The summed E-state index contributed by atoms with van der Waals surface area (Å²) in [4.78, 5) is 12.5. The molecule has 0 saturated carbocycles. The second-order valence-corrected chi connectivity index (χ2v) is 7.94. The smallest absolute Gasteiger partial charge is 0.234 e. The number of carbonyl (C=O) groups is 1. The van der Waals surface area contributed by atoms with Crippen LogP contribution in [0.5, 0.6) is 11.5 Å². The summed E-state index contributed by atoms with van der Waals surface area (Å²) >= 11 is 0. The molecule has 0 bridgehead atoms. The first-order valence-electron chi connectivity index (χ1n) is 9.85. The van der Waals surface area contributed by atoms with Gasteiger partial charge in [0.1, 0.15) is 0 Å². The second-order valence-electron chi connectivity index (χ2n) is 7.94. The van der Waals surface area contributed by atoms with Gasteiger partial charge in [-0.05, 0) is 60.9 Å². The van der Waals surface area contributed by atoms with Gasteiger partial charge in [-0.3, -0.25) is 10.1 Å². The lowest BCUT2D eigenvalue weighted by atomic mass is 9.94. The Morgan fingerprint density at radius 3 is 2.59 bits per heavy atom. The van der Waals surface area contributed by atoms with Gasteiger partial charge in [0.05, 0.1) is 12.6 Å². The van der Waals surface area contributed by atoms with Crippen LogP contribution in [0.25, 0.3) is 10.8 Å². The molecule has 4 rings (SSSR count). The second kappa shape index (κ2) is 7.76. The van der Waals surface area contributed by atoms with Crippen molar-refractivity contribution in [2.75, 3.05) is 13.3 Å². The molecule has 0 saturated heterocycles. The van der Waals surface area contributed by atoms with Crippen molar-refractivity contribution in [3.8, 4) is 11.5 Å². The van der Waals surface area contributed by atoms with E-state index in [1.165, 1.54) is 10.8 Å². The Morgan fingerprint density at radius 1 is 1.00 bits per heavy atom. The van der Waals surface area contributed by atoms with Crippen LogP contribution in [0.2, 0.25) is 0 Å². The third kappa shape index (κ3) is 4.20. The number of ether oxygens (including phenoxy) is 2. The van der Waals surface area contributed by atoms with E-state index < -0.39 is 0 Å². The number of amides is 1. The van der Waals surface area contributed by atoms with E-state index in [0.29, 0.717) is 0 Å². The van der Waals surface area contributed by atoms with Gasteiger partial charge in [0.15, 0.2) is 11.5 Å². The molecule has 1 aliphatic heterocycles. The Bertz CT molecular complexity index is 1050. The van der Waals surface area contributed by atoms with Crippen molar-refractivity contribution in [3.63, 3.8) is 0 Å². The maximum Gasteiger partial charge on any atom is 0.234 e. The van der Waals surface area contributed by atoms with Crippen LogP contribution in [-0.4, -0.2) is 19.2 Å². The van der Waals surface area contributed by atoms with E-state index in [4.69, 9.17) is 9.47 Å². The number of fused-ring (bicyclic) bond motifs is 2. The van der Waals surface area contributed by atoms with E-state index in [9.17, 15) is 4.79 Å². The van der Waals surface area contributed by atoms with E-state index >= 15 is 0 Å². The average molecular weight is 390 g/mol. The molecule has 0 spiro atoms. The average Bonchev–Trinajstić information content (AvgIpc) is 3.20. The maximum atomic E-state index is 12.5. The molecule has 1 aliphatic rings. The van der Waals surface area contributed by atoms with Gasteiger partial charge >= 0.3 is 0 Å². The fourth-order valence-corrected chi connectivity index (χ4v) is 3.54. The highest BCUT2D eigenvalue weighted by Gasteiger charge is 2.24. The highest BCUT2D eigenvalue weighted by Crippen LogP contribution is 2.35. The zero-order valence-corrected chi connectivity index (χ0v) is 17.0. The first-order chi connectivity index (χ1) is 13.9. The number of benzene rings is 3. The van der Waals surface area contributed by atoms with Gasteiger partial charge in [-0.1, -0.05) is 42.5 Å². The molecule has 3 aromatic carbocycles. The lowest BCUT2D eigenvalue weighted by Gasteiger charge is -2.27. The summed E-state index contributed by atoms with van der Waals surface area (Å²) in [6.07, 6.45) is 0. The third-order valence-corrected chi connectivity index (χ3v) is 5.44. The van der Waals surface area contributed by atoms with Crippen LogP contribution in [0.15, 0.2) is 60.7 Å². The zero-order chi connectivity index (χ0) is 20.4. The molecule has 5 heteroatoms. The molecule has 3 aromatic rings. The minimum Gasteiger partial charge on any atom is -0.454 e. The molecule has 150 valence electrons. The number of hydrogen-bond donors (Lipinski definition) is 2.